The summed E-state index contributed by atoms with van der Waals surface area (Å²) in [5, 5.41) is 5.49. The first-order valence-electron chi connectivity index (χ1n) is 15.5. The molecule has 4 aromatic rings. The summed E-state index contributed by atoms with van der Waals surface area (Å²) < 4.78 is 42.0. The number of benzene rings is 1. The number of aromatic nitrogens is 4. The summed E-state index contributed by atoms with van der Waals surface area (Å²) in [4.78, 5) is 10.0. The molecular weight excluding hydrogens is 564 g/mol. The number of pyridine rings is 1. The van der Waals surface area contributed by atoms with Crippen LogP contribution >= 0.6 is 0 Å². The Morgan fingerprint density at radius 3 is 2.30 bits per heavy atom. The quantitative estimate of drug-likeness (QED) is 0.300. The number of ether oxygens (including phenoxy) is 2. The lowest BCUT2D eigenvalue weighted by Crippen LogP contribution is -2.44. The molecular formula is C32H40N6O4S. The van der Waals surface area contributed by atoms with Crippen molar-refractivity contribution < 1.29 is 17.9 Å². The van der Waals surface area contributed by atoms with Crippen molar-refractivity contribution in [3.63, 3.8) is 0 Å². The molecule has 1 saturated carbocycles. The zero-order valence-corrected chi connectivity index (χ0v) is 25.4. The average Bonchev–Trinajstić information content (AvgIpc) is 3.70. The average molecular weight is 605 g/mol. The fourth-order valence-electron chi connectivity index (χ4n) is 6.85. The molecule has 0 N–H and O–H groups in total. The van der Waals surface area contributed by atoms with E-state index < -0.39 is 10.0 Å². The summed E-state index contributed by atoms with van der Waals surface area (Å²) in [7, 11) is -3.84. The van der Waals surface area contributed by atoms with Crippen LogP contribution in [0.3, 0.4) is 0 Å². The number of fused-ring (bicyclic) bond motifs is 1. The van der Waals surface area contributed by atoms with Crippen LogP contribution in [0.4, 0.5) is 0 Å². The first-order chi connectivity index (χ1) is 21.1. The number of morpholine rings is 2. The van der Waals surface area contributed by atoms with E-state index in [4.69, 9.17) is 14.5 Å². The summed E-state index contributed by atoms with van der Waals surface area (Å²) in [5.74, 6) is 0.410. The number of hydrogen-bond donors (Lipinski definition) is 0. The number of rotatable bonds is 8. The molecule has 0 atom stereocenters. The van der Waals surface area contributed by atoms with Crippen LogP contribution < -0.4 is 0 Å². The molecule has 3 aliphatic rings. The van der Waals surface area contributed by atoms with Crippen LogP contribution in [0.1, 0.15) is 37.2 Å². The Bertz CT molecular complexity index is 1630. The SMILES string of the molecule is O=S(=O)(c1ccccc1)n1cc(-c2cnn(CCN3CCOCC3)c2)c2cc([C@H]3CC[C@H](N4CCOCC4)CC3)cnc21. The second kappa shape index (κ2) is 12.5. The second-order valence-electron chi connectivity index (χ2n) is 11.9. The summed E-state index contributed by atoms with van der Waals surface area (Å²) in [6.07, 6.45) is 12.0. The third kappa shape index (κ3) is 6.01. The summed E-state index contributed by atoms with van der Waals surface area (Å²) in [5.41, 5.74) is 3.36. The second-order valence-corrected chi connectivity index (χ2v) is 13.7. The van der Waals surface area contributed by atoms with Gasteiger partial charge in [0, 0.05) is 73.9 Å². The highest BCUT2D eigenvalue weighted by molar-refractivity contribution is 7.90. The van der Waals surface area contributed by atoms with Crippen molar-refractivity contribution in [1.82, 2.24) is 28.5 Å². The molecule has 1 aromatic carbocycles. The van der Waals surface area contributed by atoms with Crippen LogP contribution in [0.5, 0.6) is 0 Å². The normalized spacial score (nSPS) is 22.7. The van der Waals surface area contributed by atoms with Crippen molar-refractivity contribution in [2.75, 3.05) is 59.2 Å². The minimum Gasteiger partial charge on any atom is -0.379 e. The third-order valence-corrected chi connectivity index (χ3v) is 11.0. The molecule has 5 heterocycles. The molecule has 43 heavy (non-hydrogen) atoms. The molecule has 1 aliphatic carbocycles. The first-order valence-corrected chi connectivity index (χ1v) is 17.0. The van der Waals surface area contributed by atoms with Gasteiger partial charge in [-0.2, -0.15) is 5.10 Å². The molecule has 0 bridgehead atoms. The predicted octanol–water partition coefficient (Wildman–Crippen LogP) is 3.83. The third-order valence-electron chi connectivity index (χ3n) is 9.36. The Morgan fingerprint density at radius 2 is 1.56 bits per heavy atom. The van der Waals surface area contributed by atoms with Gasteiger partial charge in [-0.15, -0.1) is 0 Å². The molecule has 2 saturated heterocycles. The minimum absolute atomic E-state index is 0.243. The van der Waals surface area contributed by atoms with Crippen molar-refractivity contribution in [3.05, 3.63) is 66.7 Å². The molecule has 0 unspecified atom stereocenters. The molecule has 3 fully saturated rings. The van der Waals surface area contributed by atoms with E-state index in [1.165, 1.54) is 9.54 Å². The van der Waals surface area contributed by atoms with Gasteiger partial charge >= 0.3 is 0 Å². The van der Waals surface area contributed by atoms with Crippen LogP contribution in [-0.4, -0.2) is 102 Å². The van der Waals surface area contributed by atoms with Gasteiger partial charge in [0.25, 0.3) is 10.0 Å². The Hall–Kier alpha value is -3.09. The molecule has 0 radical (unpaired) electrons. The maximum Gasteiger partial charge on any atom is 0.269 e. The van der Waals surface area contributed by atoms with Crippen molar-refractivity contribution in [1.29, 1.82) is 0 Å². The fourth-order valence-corrected chi connectivity index (χ4v) is 8.19. The van der Waals surface area contributed by atoms with Crippen molar-refractivity contribution in [2.45, 2.75) is 49.1 Å². The van der Waals surface area contributed by atoms with Crippen molar-refractivity contribution in [3.8, 4) is 11.1 Å². The van der Waals surface area contributed by atoms with E-state index in [1.807, 2.05) is 29.3 Å². The highest BCUT2D eigenvalue weighted by atomic mass is 32.2. The lowest BCUT2D eigenvalue weighted by molar-refractivity contribution is 0.00729. The van der Waals surface area contributed by atoms with Crippen molar-refractivity contribution in [2.24, 2.45) is 0 Å². The number of hydrogen-bond acceptors (Lipinski definition) is 8. The topological polar surface area (TPSA) is 94.7 Å². The number of nitrogens with zero attached hydrogens (tertiary/aromatic N) is 6. The molecule has 10 nitrogen and oxygen atoms in total. The first kappa shape index (κ1) is 28.7. The molecule has 3 aromatic heterocycles. The van der Waals surface area contributed by atoms with E-state index in [0.717, 1.165) is 108 Å². The van der Waals surface area contributed by atoms with Gasteiger partial charge in [0.15, 0.2) is 5.65 Å². The van der Waals surface area contributed by atoms with E-state index in [9.17, 15) is 8.42 Å². The summed E-state index contributed by atoms with van der Waals surface area (Å²) in [6.45, 7) is 8.76. The van der Waals surface area contributed by atoms with Gasteiger partial charge in [0.1, 0.15) is 0 Å². The summed E-state index contributed by atoms with van der Waals surface area (Å²) in [6, 6.07) is 11.4. The lowest BCUT2D eigenvalue weighted by atomic mass is 9.81. The van der Waals surface area contributed by atoms with Crippen LogP contribution in [0.15, 0.2) is 66.1 Å². The van der Waals surface area contributed by atoms with Gasteiger partial charge in [-0.1, -0.05) is 18.2 Å². The zero-order valence-electron chi connectivity index (χ0n) is 24.6. The largest absolute Gasteiger partial charge is 0.379 e. The van der Waals surface area contributed by atoms with Crippen molar-refractivity contribution >= 4 is 21.1 Å². The Labute approximate surface area is 253 Å². The van der Waals surface area contributed by atoms with Gasteiger partial charge in [-0.05, 0) is 55.4 Å². The van der Waals surface area contributed by atoms with Crippen LogP contribution in [0.2, 0.25) is 0 Å². The molecule has 7 rings (SSSR count). The highest BCUT2D eigenvalue weighted by Crippen LogP contribution is 2.38. The minimum atomic E-state index is -3.84. The van der Waals surface area contributed by atoms with E-state index in [0.29, 0.717) is 17.6 Å². The van der Waals surface area contributed by atoms with Crippen LogP contribution in [-0.2, 0) is 26.0 Å². The van der Waals surface area contributed by atoms with Gasteiger partial charge < -0.3 is 9.47 Å². The van der Waals surface area contributed by atoms with Gasteiger partial charge in [0.05, 0.1) is 44.1 Å². The van der Waals surface area contributed by atoms with Crippen LogP contribution in [0, 0.1) is 0 Å². The van der Waals surface area contributed by atoms with E-state index in [2.05, 4.69) is 21.0 Å². The highest BCUT2D eigenvalue weighted by Gasteiger charge is 2.29. The van der Waals surface area contributed by atoms with Gasteiger partial charge in [0.2, 0.25) is 0 Å². The van der Waals surface area contributed by atoms with Crippen LogP contribution in [0.25, 0.3) is 22.2 Å². The monoisotopic (exact) mass is 604 g/mol. The van der Waals surface area contributed by atoms with Gasteiger partial charge in [-0.3, -0.25) is 14.5 Å². The van der Waals surface area contributed by atoms with E-state index in [-0.39, 0.29) is 4.90 Å². The maximum absolute atomic E-state index is 13.8. The Balaban J connectivity index is 1.19. The molecule has 0 amide bonds. The summed E-state index contributed by atoms with van der Waals surface area (Å²) >= 11 is 0. The standard InChI is InChI=1S/C32H40N6O4S/c39-43(40,29-4-2-1-3-5-29)38-24-31(27-22-34-37(23-27)11-10-35-12-16-41-17-13-35)30-20-26(21-33-32(30)38)25-6-8-28(9-7-25)36-14-18-42-19-15-36/h1-5,20-25,28H,6-19H2/t25-,28-. The van der Waals surface area contributed by atoms with Gasteiger partial charge in [-0.25, -0.2) is 17.4 Å². The molecule has 2 aliphatic heterocycles. The Morgan fingerprint density at radius 1 is 0.837 bits per heavy atom. The molecule has 228 valence electrons. The van der Waals surface area contributed by atoms with E-state index in [1.54, 1.807) is 30.5 Å². The fraction of sp³-hybridized carbons (Fsp3) is 0.500. The molecule has 11 heteroatoms. The zero-order chi connectivity index (χ0) is 29.2. The Kier molecular flexibility index (Phi) is 8.33. The lowest BCUT2D eigenvalue weighted by Gasteiger charge is -2.38. The maximum atomic E-state index is 13.8. The molecule has 0 spiro atoms. The predicted molar refractivity (Wildman–Crippen MR) is 165 cm³/mol. The van der Waals surface area contributed by atoms with E-state index >= 15 is 0 Å². The smallest absolute Gasteiger partial charge is 0.269 e.